The average Bonchev–Trinajstić information content (AvgIpc) is 2.43. The molecule has 1 aliphatic rings. The Bertz CT molecular complexity index is 359. The summed E-state index contributed by atoms with van der Waals surface area (Å²) in [5.41, 5.74) is 7.86. The van der Waals surface area contributed by atoms with Crippen LogP contribution in [-0.2, 0) is 6.42 Å². The van der Waals surface area contributed by atoms with Gasteiger partial charge in [0, 0.05) is 6.04 Å². The van der Waals surface area contributed by atoms with E-state index in [1.165, 1.54) is 44.1 Å². The fraction of sp³-hybridized carbons (Fsp3) is 0.667. The molecule has 1 aliphatic carbocycles. The average molecular weight is 259 g/mol. The lowest BCUT2D eigenvalue weighted by Gasteiger charge is -2.35. The quantitative estimate of drug-likeness (QED) is 0.833. The van der Waals surface area contributed by atoms with Crippen LogP contribution in [0.4, 0.5) is 0 Å². The van der Waals surface area contributed by atoms with Crippen molar-refractivity contribution in [1.82, 2.24) is 0 Å². The van der Waals surface area contributed by atoms with Crippen LogP contribution in [0.5, 0.6) is 0 Å². The Morgan fingerprint density at radius 2 is 1.84 bits per heavy atom. The van der Waals surface area contributed by atoms with Gasteiger partial charge in [0.05, 0.1) is 0 Å². The molecule has 4 unspecified atom stereocenters. The Labute approximate surface area is 118 Å². The second-order valence-electron chi connectivity index (χ2n) is 6.57. The monoisotopic (exact) mass is 259 g/mol. The van der Waals surface area contributed by atoms with Gasteiger partial charge in [0.2, 0.25) is 0 Å². The van der Waals surface area contributed by atoms with Crippen molar-refractivity contribution < 1.29 is 0 Å². The first-order valence-corrected chi connectivity index (χ1v) is 7.96. The summed E-state index contributed by atoms with van der Waals surface area (Å²) in [6.07, 6.45) is 7.64. The van der Waals surface area contributed by atoms with Crippen molar-refractivity contribution in [3.8, 4) is 0 Å². The highest BCUT2D eigenvalue weighted by Gasteiger charge is 2.27. The zero-order valence-electron chi connectivity index (χ0n) is 12.5. The van der Waals surface area contributed by atoms with Gasteiger partial charge < -0.3 is 5.73 Å². The third kappa shape index (κ3) is 4.35. The second kappa shape index (κ2) is 7.09. The van der Waals surface area contributed by atoms with Crippen LogP contribution in [0.1, 0.15) is 51.5 Å². The van der Waals surface area contributed by atoms with E-state index in [1.807, 2.05) is 0 Å². The lowest BCUT2D eigenvalue weighted by Crippen LogP contribution is -2.35. The lowest BCUT2D eigenvalue weighted by molar-refractivity contribution is 0.181. The molecule has 1 fully saturated rings. The van der Waals surface area contributed by atoms with E-state index in [0.717, 1.165) is 17.8 Å². The van der Waals surface area contributed by atoms with Crippen molar-refractivity contribution in [1.29, 1.82) is 0 Å². The van der Waals surface area contributed by atoms with Gasteiger partial charge in [0.25, 0.3) is 0 Å². The summed E-state index contributed by atoms with van der Waals surface area (Å²) in [7, 11) is 0. The van der Waals surface area contributed by atoms with E-state index in [2.05, 4.69) is 44.2 Å². The smallest absolute Gasteiger partial charge is 0.00673 e. The Kier molecular flexibility index (Phi) is 5.45. The molecule has 1 heteroatoms. The van der Waals surface area contributed by atoms with Crippen molar-refractivity contribution in [3.63, 3.8) is 0 Å². The highest BCUT2D eigenvalue weighted by molar-refractivity contribution is 5.14. The molecule has 0 spiro atoms. The molecule has 4 atom stereocenters. The maximum Gasteiger partial charge on any atom is 0.00673 e. The van der Waals surface area contributed by atoms with Crippen molar-refractivity contribution in [2.45, 2.75) is 58.4 Å². The summed E-state index contributed by atoms with van der Waals surface area (Å²) >= 11 is 0. The fourth-order valence-electron chi connectivity index (χ4n) is 3.40. The summed E-state index contributed by atoms with van der Waals surface area (Å²) in [4.78, 5) is 0. The largest absolute Gasteiger partial charge is 0.327 e. The van der Waals surface area contributed by atoms with E-state index in [0.29, 0.717) is 6.04 Å². The number of benzene rings is 1. The van der Waals surface area contributed by atoms with Crippen LogP contribution in [0.2, 0.25) is 0 Å². The van der Waals surface area contributed by atoms with Crippen LogP contribution in [0.15, 0.2) is 30.3 Å². The Hall–Kier alpha value is -0.820. The van der Waals surface area contributed by atoms with Crippen molar-refractivity contribution in [3.05, 3.63) is 35.9 Å². The van der Waals surface area contributed by atoms with Crippen LogP contribution in [-0.4, -0.2) is 6.04 Å². The van der Waals surface area contributed by atoms with E-state index in [-0.39, 0.29) is 0 Å². The van der Waals surface area contributed by atoms with Gasteiger partial charge in [0.15, 0.2) is 0 Å². The zero-order chi connectivity index (χ0) is 13.7. The molecule has 1 nitrogen and oxygen atoms in total. The van der Waals surface area contributed by atoms with E-state index >= 15 is 0 Å². The SMILES string of the molecule is CC1CCC(C(N)CCCc2ccccc2)CC1C. The van der Waals surface area contributed by atoms with Crippen LogP contribution in [0, 0.1) is 17.8 Å². The lowest BCUT2D eigenvalue weighted by atomic mass is 9.72. The van der Waals surface area contributed by atoms with Gasteiger partial charge in [0.1, 0.15) is 0 Å². The molecule has 2 rings (SSSR count). The Morgan fingerprint density at radius 3 is 2.53 bits per heavy atom. The van der Waals surface area contributed by atoms with Crippen LogP contribution in [0.3, 0.4) is 0 Å². The van der Waals surface area contributed by atoms with E-state index < -0.39 is 0 Å². The molecule has 19 heavy (non-hydrogen) atoms. The zero-order valence-corrected chi connectivity index (χ0v) is 12.5. The van der Waals surface area contributed by atoms with Gasteiger partial charge in [-0.25, -0.2) is 0 Å². The molecule has 1 aromatic rings. The fourth-order valence-corrected chi connectivity index (χ4v) is 3.40. The standard InChI is InChI=1S/C18H29N/c1-14-11-12-17(13-15(14)2)18(19)10-6-9-16-7-4-3-5-8-16/h3-5,7-8,14-15,17-18H,6,9-13,19H2,1-2H3. The molecule has 0 amide bonds. The summed E-state index contributed by atoms with van der Waals surface area (Å²) < 4.78 is 0. The predicted molar refractivity (Wildman–Crippen MR) is 83.0 cm³/mol. The molecule has 1 aromatic carbocycles. The molecule has 0 radical (unpaired) electrons. The van der Waals surface area contributed by atoms with Crippen LogP contribution < -0.4 is 5.73 Å². The van der Waals surface area contributed by atoms with E-state index in [9.17, 15) is 0 Å². The van der Waals surface area contributed by atoms with Gasteiger partial charge in [-0.2, -0.15) is 0 Å². The van der Waals surface area contributed by atoms with Crippen LogP contribution in [0.25, 0.3) is 0 Å². The highest BCUT2D eigenvalue weighted by Crippen LogP contribution is 2.35. The van der Waals surface area contributed by atoms with E-state index in [1.54, 1.807) is 0 Å². The molecule has 0 heterocycles. The minimum absolute atomic E-state index is 0.415. The minimum Gasteiger partial charge on any atom is -0.327 e. The maximum absolute atomic E-state index is 6.42. The minimum atomic E-state index is 0.415. The normalized spacial score (nSPS) is 29.1. The number of hydrogen-bond acceptors (Lipinski definition) is 1. The molecular formula is C18H29N. The molecule has 0 bridgehead atoms. The molecule has 0 aromatic heterocycles. The van der Waals surface area contributed by atoms with Crippen LogP contribution >= 0.6 is 0 Å². The number of nitrogens with two attached hydrogens (primary N) is 1. The topological polar surface area (TPSA) is 26.0 Å². The maximum atomic E-state index is 6.42. The molecule has 106 valence electrons. The van der Waals surface area contributed by atoms with Crippen molar-refractivity contribution in [2.24, 2.45) is 23.5 Å². The third-order valence-electron chi connectivity index (χ3n) is 5.09. The molecule has 0 saturated heterocycles. The number of hydrogen-bond donors (Lipinski definition) is 1. The molecule has 0 aliphatic heterocycles. The second-order valence-corrected chi connectivity index (χ2v) is 6.57. The third-order valence-corrected chi connectivity index (χ3v) is 5.09. The van der Waals surface area contributed by atoms with Gasteiger partial charge in [-0.1, -0.05) is 50.6 Å². The molecule has 2 N–H and O–H groups in total. The first-order chi connectivity index (χ1) is 9.16. The number of rotatable bonds is 5. The van der Waals surface area contributed by atoms with Gasteiger partial charge in [-0.3, -0.25) is 0 Å². The predicted octanol–water partition coefficient (Wildman–Crippen LogP) is 4.41. The summed E-state index contributed by atoms with van der Waals surface area (Å²) in [6.45, 7) is 4.79. The highest BCUT2D eigenvalue weighted by atomic mass is 14.7. The van der Waals surface area contributed by atoms with Gasteiger partial charge in [-0.05, 0) is 55.4 Å². The Morgan fingerprint density at radius 1 is 1.11 bits per heavy atom. The summed E-state index contributed by atoms with van der Waals surface area (Å²) in [6, 6.07) is 11.2. The molecule has 1 saturated carbocycles. The summed E-state index contributed by atoms with van der Waals surface area (Å²) in [5, 5.41) is 0. The summed E-state index contributed by atoms with van der Waals surface area (Å²) in [5.74, 6) is 2.52. The Balaban J connectivity index is 1.71. The molecular weight excluding hydrogens is 230 g/mol. The first-order valence-electron chi connectivity index (χ1n) is 7.96. The van der Waals surface area contributed by atoms with Crippen molar-refractivity contribution >= 4 is 0 Å². The van der Waals surface area contributed by atoms with Gasteiger partial charge >= 0.3 is 0 Å². The van der Waals surface area contributed by atoms with E-state index in [4.69, 9.17) is 5.73 Å². The first kappa shape index (κ1) is 14.6. The van der Waals surface area contributed by atoms with Crippen molar-refractivity contribution in [2.75, 3.05) is 0 Å². The number of aryl methyl sites for hydroxylation is 1. The van der Waals surface area contributed by atoms with Gasteiger partial charge in [-0.15, -0.1) is 0 Å².